The van der Waals surface area contributed by atoms with Gasteiger partial charge in [0.1, 0.15) is 5.82 Å². The van der Waals surface area contributed by atoms with Gasteiger partial charge in [0.2, 0.25) is 0 Å². The van der Waals surface area contributed by atoms with E-state index >= 15 is 0 Å². The average molecular weight is 309 g/mol. The number of nitrogens with zero attached hydrogens (tertiary/aromatic N) is 1. The maximum absolute atomic E-state index is 14.1. The van der Waals surface area contributed by atoms with Crippen molar-refractivity contribution in [3.05, 3.63) is 46.4 Å². The summed E-state index contributed by atoms with van der Waals surface area (Å²) >= 11 is 5.85. The lowest BCUT2D eigenvalue weighted by atomic mass is 10.0. The zero-order chi connectivity index (χ0) is 14.9. The molecule has 7 heteroatoms. The van der Waals surface area contributed by atoms with Gasteiger partial charge in [-0.1, -0.05) is 17.7 Å². The number of hydrogen-bond donors (Lipinski definition) is 1. The lowest BCUT2D eigenvalue weighted by molar-refractivity contribution is -0.140. The van der Waals surface area contributed by atoms with Crippen molar-refractivity contribution in [2.45, 2.75) is 25.6 Å². The topological polar surface area (TPSA) is 15.3 Å². The van der Waals surface area contributed by atoms with Crippen molar-refractivity contribution in [1.29, 1.82) is 0 Å². The van der Waals surface area contributed by atoms with E-state index in [2.05, 4.69) is 5.43 Å². The molecule has 110 valence electrons. The summed E-state index contributed by atoms with van der Waals surface area (Å²) in [7, 11) is 0. The van der Waals surface area contributed by atoms with E-state index < -0.39 is 23.6 Å². The van der Waals surface area contributed by atoms with Gasteiger partial charge in [-0.05, 0) is 25.5 Å². The number of rotatable bonds is 3. The molecule has 0 fully saturated rings. The molecule has 0 aromatic heterocycles. The standard InChI is InChI=1S/C13H13ClF4N2/c1-8(19-20-6-2-3-7-20)11-10(14)5-4-9(12(11)15)13(16,17)18/h2,4-6,8,19H,3,7H2,1H3. The zero-order valence-electron chi connectivity index (χ0n) is 10.6. The van der Waals surface area contributed by atoms with Gasteiger partial charge in [0.25, 0.3) is 0 Å². The Morgan fingerprint density at radius 2 is 2.05 bits per heavy atom. The Morgan fingerprint density at radius 1 is 1.35 bits per heavy atom. The smallest absolute Gasteiger partial charge is 0.315 e. The molecule has 0 saturated carbocycles. The minimum absolute atomic E-state index is 0.0290. The molecule has 1 aromatic carbocycles. The zero-order valence-corrected chi connectivity index (χ0v) is 11.4. The molecule has 0 radical (unpaired) electrons. The fraction of sp³-hybridized carbons (Fsp3) is 0.385. The average Bonchev–Trinajstić information content (AvgIpc) is 2.79. The SMILES string of the molecule is CC(NN1C=CCC1)c1c(Cl)ccc(C(F)(F)F)c1F. The predicted octanol–water partition coefficient (Wildman–Crippen LogP) is 4.28. The Labute approximate surface area is 119 Å². The van der Waals surface area contributed by atoms with Gasteiger partial charge in [0.05, 0.1) is 11.6 Å². The van der Waals surface area contributed by atoms with Gasteiger partial charge in [-0.3, -0.25) is 0 Å². The first-order valence-electron chi connectivity index (χ1n) is 6.05. The van der Waals surface area contributed by atoms with Crippen LogP contribution in [0.1, 0.15) is 30.5 Å². The van der Waals surface area contributed by atoms with Crippen LogP contribution in [-0.2, 0) is 6.18 Å². The monoisotopic (exact) mass is 308 g/mol. The summed E-state index contributed by atoms with van der Waals surface area (Å²) in [5, 5.41) is 1.67. The fourth-order valence-corrected chi connectivity index (χ4v) is 2.41. The quantitative estimate of drug-likeness (QED) is 0.838. The second kappa shape index (κ2) is 5.61. The Hall–Kier alpha value is -1.27. The Bertz CT molecular complexity index is 528. The summed E-state index contributed by atoms with van der Waals surface area (Å²) in [4.78, 5) is 0. The summed E-state index contributed by atoms with van der Waals surface area (Å²) in [5.74, 6) is -1.33. The molecule has 0 amide bonds. The van der Waals surface area contributed by atoms with Crippen molar-refractivity contribution in [3.63, 3.8) is 0 Å². The van der Waals surface area contributed by atoms with E-state index in [4.69, 9.17) is 11.6 Å². The number of hydrogen-bond acceptors (Lipinski definition) is 2. The summed E-state index contributed by atoms with van der Waals surface area (Å²) < 4.78 is 52.2. The highest BCUT2D eigenvalue weighted by Gasteiger charge is 2.36. The van der Waals surface area contributed by atoms with Gasteiger partial charge in [0.15, 0.2) is 0 Å². The molecule has 1 unspecified atom stereocenters. The molecule has 2 nitrogen and oxygen atoms in total. The molecule has 0 spiro atoms. The van der Waals surface area contributed by atoms with Crippen LogP contribution >= 0.6 is 11.6 Å². The highest BCUT2D eigenvalue weighted by molar-refractivity contribution is 6.31. The largest absolute Gasteiger partial charge is 0.419 e. The number of alkyl halides is 3. The predicted molar refractivity (Wildman–Crippen MR) is 68.4 cm³/mol. The lowest BCUT2D eigenvalue weighted by Gasteiger charge is -2.25. The minimum Gasteiger partial charge on any atom is -0.315 e. The highest BCUT2D eigenvalue weighted by atomic mass is 35.5. The molecular weight excluding hydrogens is 296 g/mol. The lowest BCUT2D eigenvalue weighted by Crippen LogP contribution is -2.34. The van der Waals surface area contributed by atoms with Crippen LogP contribution in [0.4, 0.5) is 17.6 Å². The number of halogens is 5. The van der Waals surface area contributed by atoms with E-state index in [1.807, 2.05) is 6.08 Å². The third-order valence-electron chi connectivity index (χ3n) is 3.05. The summed E-state index contributed by atoms with van der Waals surface area (Å²) in [5.41, 5.74) is 1.43. The molecule has 0 saturated heterocycles. The van der Waals surface area contributed by atoms with Gasteiger partial charge in [-0.15, -0.1) is 0 Å². The second-order valence-electron chi connectivity index (χ2n) is 4.54. The van der Waals surface area contributed by atoms with Gasteiger partial charge in [-0.25, -0.2) is 9.82 Å². The molecular formula is C13H13ClF4N2. The number of benzene rings is 1. The van der Waals surface area contributed by atoms with Crippen LogP contribution < -0.4 is 5.43 Å². The molecule has 1 heterocycles. The van der Waals surface area contributed by atoms with Crippen LogP contribution in [0, 0.1) is 5.82 Å². The van der Waals surface area contributed by atoms with Crippen LogP contribution in [0.15, 0.2) is 24.4 Å². The molecule has 0 bridgehead atoms. The Kier molecular flexibility index (Phi) is 4.25. The van der Waals surface area contributed by atoms with Gasteiger partial charge in [0, 0.05) is 23.3 Å². The fourth-order valence-electron chi connectivity index (χ4n) is 2.10. The Morgan fingerprint density at radius 3 is 2.60 bits per heavy atom. The van der Waals surface area contributed by atoms with E-state index in [9.17, 15) is 17.6 Å². The van der Waals surface area contributed by atoms with Gasteiger partial charge in [-0.2, -0.15) is 13.2 Å². The summed E-state index contributed by atoms with van der Waals surface area (Å²) in [6, 6.07) is 1.05. The van der Waals surface area contributed by atoms with Crippen LogP contribution in [-0.4, -0.2) is 11.6 Å². The first kappa shape index (κ1) is 15.1. The van der Waals surface area contributed by atoms with E-state index in [0.717, 1.165) is 12.5 Å². The molecule has 0 aliphatic carbocycles. The van der Waals surface area contributed by atoms with Crippen LogP contribution in [0.25, 0.3) is 0 Å². The maximum atomic E-state index is 14.1. The highest BCUT2D eigenvalue weighted by Crippen LogP contribution is 2.37. The molecule has 20 heavy (non-hydrogen) atoms. The van der Waals surface area contributed by atoms with Crippen molar-refractivity contribution in [3.8, 4) is 0 Å². The van der Waals surface area contributed by atoms with Crippen molar-refractivity contribution in [2.75, 3.05) is 6.54 Å². The van der Waals surface area contributed by atoms with E-state index in [1.165, 1.54) is 0 Å². The summed E-state index contributed by atoms with van der Waals surface area (Å²) in [6.45, 7) is 2.25. The van der Waals surface area contributed by atoms with Crippen LogP contribution in [0.2, 0.25) is 5.02 Å². The first-order chi connectivity index (χ1) is 9.30. The number of nitrogens with one attached hydrogen (secondary N) is 1. The van der Waals surface area contributed by atoms with Crippen molar-refractivity contribution in [2.24, 2.45) is 0 Å². The third-order valence-corrected chi connectivity index (χ3v) is 3.38. The second-order valence-corrected chi connectivity index (χ2v) is 4.95. The van der Waals surface area contributed by atoms with Crippen LogP contribution in [0.5, 0.6) is 0 Å². The van der Waals surface area contributed by atoms with Crippen molar-refractivity contribution in [1.82, 2.24) is 10.4 Å². The van der Waals surface area contributed by atoms with Gasteiger partial charge < -0.3 is 5.01 Å². The van der Waals surface area contributed by atoms with E-state index in [1.54, 1.807) is 18.1 Å². The van der Waals surface area contributed by atoms with Crippen molar-refractivity contribution >= 4 is 11.6 Å². The van der Waals surface area contributed by atoms with E-state index in [0.29, 0.717) is 12.6 Å². The summed E-state index contributed by atoms with van der Waals surface area (Å²) in [6.07, 6.45) is -0.241. The van der Waals surface area contributed by atoms with Gasteiger partial charge >= 0.3 is 6.18 Å². The Balaban J connectivity index is 2.32. The molecule has 1 aromatic rings. The van der Waals surface area contributed by atoms with E-state index in [-0.39, 0.29) is 10.6 Å². The minimum atomic E-state index is -4.74. The molecule has 1 aliphatic rings. The molecule has 1 atom stereocenters. The molecule has 2 rings (SSSR count). The van der Waals surface area contributed by atoms with Crippen LogP contribution in [0.3, 0.4) is 0 Å². The maximum Gasteiger partial charge on any atom is 0.419 e. The number of hydrazine groups is 1. The van der Waals surface area contributed by atoms with Crippen molar-refractivity contribution < 1.29 is 17.6 Å². The molecule has 1 aliphatic heterocycles. The molecule has 1 N–H and O–H groups in total. The normalized spacial score (nSPS) is 16.8. The first-order valence-corrected chi connectivity index (χ1v) is 6.43. The third kappa shape index (κ3) is 3.07.